The van der Waals surface area contributed by atoms with E-state index in [1.165, 1.54) is 11.1 Å². The summed E-state index contributed by atoms with van der Waals surface area (Å²) in [7, 11) is 0. The third-order valence-corrected chi connectivity index (χ3v) is 3.91. The van der Waals surface area contributed by atoms with Gasteiger partial charge in [0.15, 0.2) is 5.78 Å². The quantitative estimate of drug-likeness (QED) is 0.741. The number of hydrogen-bond donors (Lipinski definition) is 0. The average molecular weight is 273 g/mol. The molecule has 2 rings (SSSR count). The summed E-state index contributed by atoms with van der Waals surface area (Å²) in [6.45, 7) is 6.02. The summed E-state index contributed by atoms with van der Waals surface area (Å²) in [5.41, 5.74) is 5.08. The molecule has 0 heterocycles. The molecule has 0 saturated carbocycles. The van der Waals surface area contributed by atoms with Gasteiger partial charge in [0.1, 0.15) is 0 Å². The summed E-state index contributed by atoms with van der Waals surface area (Å²) in [5.74, 6) is 0.114. The molecular formula is C17H17ClO. The van der Waals surface area contributed by atoms with Gasteiger partial charge < -0.3 is 0 Å². The Morgan fingerprint density at radius 2 is 1.79 bits per heavy atom. The Kier molecular flexibility index (Phi) is 4.06. The first-order valence-corrected chi connectivity index (χ1v) is 6.71. The summed E-state index contributed by atoms with van der Waals surface area (Å²) < 4.78 is 0. The van der Waals surface area contributed by atoms with E-state index >= 15 is 0 Å². The lowest BCUT2D eigenvalue weighted by Crippen LogP contribution is -2.06. The predicted molar refractivity (Wildman–Crippen MR) is 80.1 cm³/mol. The van der Waals surface area contributed by atoms with Crippen molar-refractivity contribution in [3.05, 3.63) is 69.2 Å². The molecule has 0 aliphatic carbocycles. The van der Waals surface area contributed by atoms with E-state index in [2.05, 4.69) is 26.0 Å². The van der Waals surface area contributed by atoms with E-state index in [1.807, 2.05) is 31.2 Å². The summed E-state index contributed by atoms with van der Waals surface area (Å²) in [4.78, 5) is 12.3. The van der Waals surface area contributed by atoms with E-state index in [0.717, 1.165) is 11.1 Å². The van der Waals surface area contributed by atoms with E-state index in [1.54, 1.807) is 0 Å². The van der Waals surface area contributed by atoms with Crippen LogP contribution in [-0.2, 0) is 6.42 Å². The highest BCUT2D eigenvalue weighted by Gasteiger charge is 2.11. The van der Waals surface area contributed by atoms with Crippen LogP contribution in [0.4, 0.5) is 0 Å². The van der Waals surface area contributed by atoms with Crippen LogP contribution < -0.4 is 0 Å². The number of rotatable bonds is 3. The molecule has 0 radical (unpaired) electrons. The molecule has 0 fully saturated rings. The third-order valence-electron chi connectivity index (χ3n) is 3.50. The van der Waals surface area contributed by atoms with E-state index in [4.69, 9.17) is 11.6 Å². The van der Waals surface area contributed by atoms with Gasteiger partial charge in [0.05, 0.1) is 0 Å². The zero-order chi connectivity index (χ0) is 14.0. The minimum atomic E-state index is 0.114. The van der Waals surface area contributed by atoms with E-state index in [-0.39, 0.29) is 5.78 Å². The van der Waals surface area contributed by atoms with Gasteiger partial charge in [-0.25, -0.2) is 0 Å². The Labute approximate surface area is 119 Å². The van der Waals surface area contributed by atoms with Crippen LogP contribution in [0.3, 0.4) is 0 Å². The molecule has 0 aromatic heterocycles. The van der Waals surface area contributed by atoms with E-state index < -0.39 is 0 Å². The van der Waals surface area contributed by atoms with Gasteiger partial charge in [-0.05, 0) is 49.1 Å². The van der Waals surface area contributed by atoms with E-state index in [0.29, 0.717) is 17.0 Å². The lowest BCUT2D eigenvalue weighted by molar-refractivity contribution is 0.0992. The minimum absolute atomic E-state index is 0.114. The molecule has 0 aliphatic rings. The Morgan fingerprint density at radius 1 is 1.05 bits per heavy atom. The number of Topliss-reactive ketones (excluding diaryl/α,β-unsaturated/α-hetero) is 1. The average Bonchev–Trinajstić information content (AvgIpc) is 2.37. The Morgan fingerprint density at radius 3 is 2.47 bits per heavy atom. The highest BCUT2D eigenvalue weighted by atomic mass is 35.5. The molecule has 0 unspecified atom stereocenters. The van der Waals surface area contributed by atoms with Gasteiger partial charge in [0.25, 0.3) is 0 Å². The number of aryl methyl sites for hydroxylation is 2. The zero-order valence-corrected chi connectivity index (χ0v) is 12.2. The maximum atomic E-state index is 12.3. The highest BCUT2D eigenvalue weighted by Crippen LogP contribution is 2.20. The molecule has 0 saturated heterocycles. The van der Waals surface area contributed by atoms with Crippen molar-refractivity contribution >= 4 is 17.4 Å². The Hall–Kier alpha value is -1.60. The van der Waals surface area contributed by atoms with Crippen LogP contribution in [0.15, 0.2) is 36.4 Å². The van der Waals surface area contributed by atoms with Crippen molar-refractivity contribution in [1.82, 2.24) is 0 Å². The second kappa shape index (κ2) is 5.58. The van der Waals surface area contributed by atoms with Gasteiger partial charge in [-0.3, -0.25) is 4.79 Å². The Bertz CT molecular complexity index is 629. The van der Waals surface area contributed by atoms with Crippen molar-refractivity contribution in [2.24, 2.45) is 0 Å². The van der Waals surface area contributed by atoms with Crippen LogP contribution in [0.1, 0.15) is 32.6 Å². The molecule has 0 bridgehead atoms. The maximum absolute atomic E-state index is 12.3. The number of carbonyl (C=O) groups excluding carboxylic acids is 1. The second-order valence-electron chi connectivity index (χ2n) is 4.93. The van der Waals surface area contributed by atoms with Gasteiger partial charge >= 0.3 is 0 Å². The molecule has 0 amide bonds. The third kappa shape index (κ3) is 3.05. The molecular weight excluding hydrogens is 256 g/mol. The van der Waals surface area contributed by atoms with Crippen molar-refractivity contribution < 1.29 is 4.79 Å². The van der Waals surface area contributed by atoms with Gasteiger partial charge in [0.2, 0.25) is 0 Å². The van der Waals surface area contributed by atoms with Crippen LogP contribution in [0.25, 0.3) is 0 Å². The largest absolute Gasteiger partial charge is 0.294 e. The van der Waals surface area contributed by atoms with Crippen molar-refractivity contribution in [2.45, 2.75) is 27.2 Å². The van der Waals surface area contributed by atoms with Crippen LogP contribution in [0.5, 0.6) is 0 Å². The number of carbonyl (C=O) groups is 1. The fourth-order valence-electron chi connectivity index (χ4n) is 2.10. The first kappa shape index (κ1) is 13.8. The van der Waals surface area contributed by atoms with Crippen LogP contribution in [0, 0.1) is 20.8 Å². The molecule has 2 heteroatoms. The summed E-state index contributed by atoms with van der Waals surface area (Å²) >= 11 is 6.05. The maximum Gasteiger partial charge on any atom is 0.167 e. The molecule has 98 valence electrons. The number of halogens is 1. The molecule has 0 N–H and O–H groups in total. The predicted octanol–water partition coefficient (Wildman–Crippen LogP) is 4.69. The smallest absolute Gasteiger partial charge is 0.167 e. The first-order valence-electron chi connectivity index (χ1n) is 6.33. The van der Waals surface area contributed by atoms with Gasteiger partial charge in [-0.2, -0.15) is 0 Å². The van der Waals surface area contributed by atoms with Crippen molar-refractivity contribution in [2.75, 3.05) is 0 Å². The van der Waals surface area contributed by atoms with Crippen LogP contribution >= 0.6 is 11.6 Å². The monoisotopic (exact) mass is 272 g/mol. The summed E-state index contributed by atoms with van der Waals surface area (Å²) in [6.07, 6.45) is 0.419. The van der Waals surface area contributed by atoms with Crippen LogP contribution in [-0.4, -0.2) is 5.78 Å². The number of ketones is 1. The first-order chi connectivity index (χ1) is 8.99. The second-order valence-corrected chi connectivity index (χ2v) is 5.34. The van der Waals surface area contributed by atoms with E-state index in [9.17, 15) is 4.79 Å². The molecule has 1 nitrogen and oxygen atoms in total. The van der Waals surface area contributed by atoms with Gasteiger partial charge in [0, 0.05) is 17.0 Å². The molecule has 2 aromatic carbocycles. The number of benzene rings is 2. The summed E-state index contributed by atoms with van der Waals surface area (Å²) in [5, 5.41) is 0.644. The molecule has 0 aliphatic heterocycles. The lowest BCUT2D eigenvalue weighted by Gasteiger charge is -2.08. The molecule has 0 atom stereocenters. The van der Waals surface area contributed by atoms with Crippen molar-refractivity contribution in [1.29, 1.82) is 0 Å². The SMILES string of the molecule is Cc1ccc(CC(=O)c2cccc(Cl)c2C)cc1C. The molecule has 0 spiro atoms. The summed E-state index contributed by atoms with van der Waals surface area (Å²) in [6, 6.07) is 11.6. The van der Waals surface area contributed by atoms with Crippen molar-refractivity contribution in [3.63, 3.8) is 0 Å². The normalized spacial score (nSPS) is 10.5. The molecule has 2 aromatic rings. The van der Waals surface area contributed by atoms with Gasteiger partial charge in [-0.1, -0.05) is 41.9 Å². The lowest BCUT2D eigenvalue weighted by atomic mass is 9.97. The highest BCUT2D eigenvalue weighted by molar-refractivity contribution is 6.31. The molecule has 19 heavy (non-hydrogen) atoms. The van der Waals surface area contributed by atoms with Crippen LogP contribution in [0.2, 0.25) is 5.02 Å². The standard InChI is InChI=1S/C17H17ClO/c1-11-7-8-14(9-12(11)2)10-17(19)15-5-4-6-16(18)13(15)3/h4-9H,10H2,1-3H3. The topological polar surface area (TPSA) is 17.1 Å². The number of hydrogen-bond acceptors (Lipinski definition) is 1. The van der Waals surface area contributed by atoms with Crippen molar-refractivity contribution in [3.8, 4) is 0 Å². The minimum Gasteiger partial charge on any atom is -0.294 e. The Balaban J connectivity index is 2.26. The fraction of sp³-hybridized carbons (Fsp3) is 0.235. The zero-order valence-electron chi connectivity index (χ0n) is 11.5. The van der Waals surface area contributed by atoms with Gasteiger partial charge in [-0.15, -0.1) is 0 Å². The fourth-order valence-corrected chi connectivity index (χ4v) is 2.28.